The summed E-state index contributed by atoms with van der Waals surface area (Å²) in [6.07, 6.45) is 0. The van der Waals surface area contributed by atoms with E-state index >= 15 is 0 Å². The maximum absolute atomic E-state index is 10.2. The van der Waals surface area contributed by atoms with Crippen LogP contribution in [0, 0.1) is 0 Å². The Morgan fingerprint density at radius 2 is 0.764 bits per heavy atom. The molecule has 0 aliphatic rings. The van der Waals surface area contributed by atoms with E-state index < -0.39 is 0 Å². The third kappa shape index (κ3) is 4.07. The lowest BCUT2D eigenvalue weighted by molar-refractivity contribution is 0.669. The van der Waals surface area contributed by atoms with Gasteiger partial charge in [0.15, 0.2) is 0 Å². The number of hydrogen-bond acceptors (Lipinski definition) is 1. The predicted octanol–water partition coefficient (Wildman–Crippen LogP) is 15.5. The largest absolute Gasteiger partial charge is 0.456 e. The molecule has 0 atom stereocenters. The maximum atomic E-state index is 10.2. The predicted molar refractivity (Wildman–Crippen MR) is 235 cm³/mol. The Hall–Kier alpha value is -7.22. The van der Waals surface area contributed by atoms with E-state index in [1.54, 1.807) is 0 Å². The van der Waals surface area contributed by atoms with Gasteiger partial charge in [-0.25, -0.2) is 0 Å². The van der Waals surface area contributed by atoms with Crippen molar-refractivity contribution in [3.05, 3.63) is 182 Å². The molecule has 0 aliphatic heterocycles. The normalized spacial score (nSPS) is 13.1. The summed E-state index contributed by atoms with van der Waals surface area (Å²) in [6, 6.07) is 57.5. The Morgan fingerprint density at radius 3 is 1.38 bits per heavy atom. The van der Waals surface area contributed by atoms with E-state index in [1.807, 2.05) is 30.3 Å². The molecule has 1 aromatic heterocycles. The molecule has 1 nitrogen and oxygen atoms in total. The van der Waals surface area contributed by atoms with Crippen LogP contribution in [-0.2, 0) is 0 Å². The molecule has 0 saturated heterocycles. The summed E-state index contributed by atoms with van der Waals surface area (Å²) in [5.41, 5.74) is 5.48. The van der Waals surface area contributed by atoms with E-state index in [0.29, 0.717) is 16.7 Å². The van der Waals surface area contributed by atoms with E-state index in [0.717, 1.165) is 103 Å². The highest BCUT2D eigenvalue weighted by molar-refractivity contribution is 6.27. The zero-order chi connectivity index (χ0) is 38.4. The molecule has 252 valence electrons. The van der Waals surface area contributed by atoms with Crippen LogP contribution in [0.25, 0.3) is 131 Å². The van der Waals surface area contributed by atoms with Crippen molar-refractivity contribution in [1.82, 2.24) is 0 Å². The van der Waals surface area contributed by atoms with Crippen molar-refractivity contribution < 1.29 is 8.53 Å². The van der Waals surface area contributed by atoms with Crippen LogP contribution in [0.15, 0.2) is 186 Å². The number of furan rings is 1. The summed E-state index contributed by atoms with van der Waals surface area (Å²) < 4.78 is 36.8. The number of benzene rings is 12. The third-order valence-electron chi connectivity index (χ3n) is 12.0. The van der Waals surface area contributed by atoms with Crippen LogP contribution < -0.4 is 0 Å². The van der Waals surface area contributed by atoms with Gasteiger partial charge < -0.3 is 4.42 Å². The second-order valence-corrected chi connectivity index (χ2v) is 14.9. The lowest BCUT2D eigenvalue weighted by Crippen LogP contribution is -1.91. The minimum absolute atomic E-state index is 0.170. The second-order valence-electron chi connectivity index (χ2n) is 14.9. The molecule has 0 saturated carbocycles. The van der Waals surface area contributed by atoms with Crippen LogP contribution in [-0.4, -0.2) is 0 Å². The van der Waals surface area contributed by atoms with E-state index in [9.17, 15) is 4.11 Å². The molecule has 13 rings (SSSR count). The first-order valence-corrected chi connectivity index (χ1v) is 18.8. The van der Waals surface area contributed by atoms with Gasteiger partial charge >= 0.3 is 0 Å². The van der Waals surface area contributed by atoms with Crippen LogP contribution in [0.3, 0.4) is 0 Å². The molecule has 1 heteroatoms. The molecule has 0 aliphatic carbocycles. The van der Waals surface area contributed by atoms with Gasteiger partial charge in [0, 0.05) is 10.8 Å². The lowest BCUT2D eigenvalue weighted by atomic mass is 9.86. The topological polar surface area (TPSA) is 13.1 Å². The van der Waals surface area contributed by atoms with Crippen LogP contribution in [0.5, 0.6) is 0 Å². The molecule has 0 N–H and O–H groups in total. The maximum Gasteiger partial charge on any atom is 0.136 e. The van der Waals surface area contributed by atoms with Crippen LogP contribution in [0.1, 0.15) is 4.11 Å². The van der Waals surface area contributed by atoms with Crippen LogP contribution in [0.2, 0.25) is 0 Å². The highest BCUT2D eigenvalue weighted by Crippen LogP contribution is 2.45. The van der Waals surface area contributed by atoms with Gasteiger partial charge in [0.05, 0.1) is 4.11 Å². The average molecular weight is 698 g/mol. The van der Waals surface area contributed by atoms with Gasteiger partial charge in [0.25, 0.3) is 0 Å². The minimum atomic E-state index is 0.170. The van der Waals surface area contributed by atoms with Crippen molar-refractivity contribution in [3.63, 3.8) is 0 Å². The fraction of sp³-hybridized carbons (Fsp3) is 0. The summed E-state index contributed by atoms with van der Waals surface area (Å²) in [4.78, 5) is 0. The highest BCUT2D eigenvalue weighted by Gasteiger charge is 2.18. The Kier molecular flexibility index (Phi) is 5.15. The number of hydrogen-bond donors (Lipinski definition) is 0. The second kappa shape index (κ2) is 10.7. The first kappa shape index (κ1) is 26.5. The zero-order valence-corrected chi connectivity index (χ0v) is 29.5. The van der Waals surface area contributed by atoms with E-state index in [2.05, 4.69) is 133 Å². The molecule has 55 heavy (non-hydrogen) atoms. The van der Waals surface area contributed by atoms with Crippen LogP contribution in [0.4, 0.5) is 0 Å². The van der Waals surface area contributed by atoms with Crippen molar-refractivity contribution in [2.24, 2.45) is 0 Å². The quantitative estimate of drug-likeness (QED) is 0.168. The molecule has 0 bridgehead atoms. The average Bonchev–Trinajstić information content (AvgIpc) is 3.64. The first-order chi connectivity index (χ1) is 28.5. The fourth-order valence-corrected chi connectivity index (χ4v) is 9.49. The Labute approximate surface area is 320 Å². The monoisotopic (exact) mass is 697 g/mol. The van der Waals surface area contributed by atoms with Gasteiger partial charge in [0.1, 0.15) is 11.2 Å². The molecular formula is C54H30O. The van der Waals surface area contributed by atoms with Crippen molar-refractivity contribution in [1.29, 1.82) is 0 Å². The number of rotatable bonds is 3. The van der Waals surface area contributed by atoms with Gasteiger partial charge in [-0.15, -0.1) is 0 Å². The van der Waals surface area contributed by atoms with Gasteiger partial charge in [-0.3, -0.25) is 0 Å². The zero-order valence-electron chi connectivity index (χ0n) is 32.5. The third-order valence-corrected chi connectivity index (χ3v) is 12.0. The number of fused-ring (bicyclic) bond motifs is 5. The van der Waals surface area contributed by atoms with E-state index in [1.165, 1.54) is 10.8 Å². The molecule has 0 spiro atoms. The SMILES string of the molecule is [2H]c1c(-c2ccc3oc4ccc5ccccc5c4c3c2)c([2H])c(-c2ccc3ccc4cccc5ccc2c3c45)c([2H])c1-c1ccc2ccc3cccc4ccc1c2c34. The molecular weight excluding hydrogens is 665 g/mol. The molecule has 12 aromatic carbocycles. The Bertz CT molecular complexity index is 3690. The molecule has 1 heterocycles. The van der Waals surface area contributed by atoms with E-state index in [-0.39, 0.29) is 18.1 Å². The van der Waals surface area contributed by atoms with Crippen molar-refractivity contribution in [2.75, 3.05) is 0 Å². The Balaban J connectivity index is 1.17. The summed E-state index contributed by atoms with van der Waals surface area (Å²) in [5, 5.41) is 17.7. The summed E-state index contributed by atoms with van der Waals surface area (Å²) >= 11 is 0. The molecule has 13 aromatic rings. The molecule has 0 radical (unpaired) electrons. The van der Waals surface area contributed by atoms with Crippen molar-refractivity contribution >= 4 is 97.3 Å². The standard InChI is InChI=1S/C54H30O/c1-2-10-44-31(5-1)19-26-49-54(44)47-30-38(20-25-48(47)55-49)39-27-40(42-21-15-36-13-11-32-6-3-8-34-17-23-45(42)52(36)50(32)34)29-41(28-39)43-22-16-37-14-12-33-7-4-9-35-18-24-46(43)53(37)51(33)35/h1-30H/i27D,28D,29D. The van der Waals surface area contributed by atoms with Gasteiger partial charge in [-0.05, 0) is 145 Å². The molecule has 0 fully saturated rings. The highest BCUT2D eigenvalue weighted by atomic mass is 16.3. The smallest absolute Gasteiger partial charge is 0.136 e. The first-order valence-electron chi connectivity index (χ1n) is 20.3. The lowest BCUT2D eigenvalue weighted by Gasteiger charge is -2.18. The minimum Gasteiger partial charge on any atom is -0.456 e. The summed E-state index contributed by atoms with van der Waals surface area (Å²) in [7, 11) is 0. The Morgan fingerprint density at radius 1 is 0.291 bits per heavy atom. The van der Waals surface area contributed by atoms with Crippen molar-refractivity contribution in [3.8, 4) is 33.4 Å². The van der Waals surface area contributed by atoms with Crippen molar-refractivity contribution in [2.45, 2.75) is 0 Å². The van der Waals surface area contributed by atoms with Gasteiger partial charge in [0.2, 0.25) is 0 Å². The van der Waals surface area contributed by atoms with Crippen LogP contribution >= 0.6 is 0 Å². The summed E-state index contributed by atoms with van der Waals surface area (Å²) in [6.45, 7) is 0. The molecule has 0 amide bonds. The van der Waals surface area contributed by atoms with Gasteiger partial charge in [-0.1, -0.05) is 146 Å². The van der Waals surface area contributed by atoms with Gasteiger partial charge in [-0.2, -0.15) is 0 Å². The fourth-order valence-electron chi connectivity index (χ4n) is 9.49. The van der Waals surface area contributed by atoms with E-state index in [4.69, 9.17) is 4.42 Å². The molecule has 0 unspecified atom stereocenters. The summed E-state index contributed by atoms with van der Waals surface area (Å²) in [5.74, 6) is 0.